The lowest BCUT2D eigenvalue weighted by molar-refractivity contribution is -0.384. The zero-order valence-corrected chi connectivity index (χ0v) is 15.4. The van der Waals surface area contributed by atoms with Crippen molar-refractivity contribution in [1.29, 1.82) is 0 Å². The smallest absolute Gasteiger partial charge is 0.269 e. The first-order valence-electron chi connectivity index (χ1n) is 8.49. The predicted molar refractivity (Wildman–Crippen MR) is 102 cm³/mol. The van der Waals surface area contributed by atoms with E-state index in [1.54, 1.807) is 23.9 Å². The van der Waals surface area contributed by atoms with Crippen LogP contribution in [-0.2, 0) is 18.7 Å². The minimum Gasteiger partial charge on any atom is -0.302 e. The Morgan fingerprint density at radius 1 is 1.04 bits per heavy atom. The summed E-state index contributed by atoms with van der Waals surface area (Å²) in [5.41, 5.74) is 2.33. The van der Waals surface area contributed by atoms with Gasteiger partial charge in [-0.2, -0.15) is 0 Å². The van der Waals surface area contributed by atoms with Crippen molar-refractivity contribution in [2.75, 3.05) is 0 Å². The Kier molecular flexibility index (Phi) is 6.01. The molecule has 0 aliphatic heterocycles. The molecule has 26 heavy (non-hydrogen) atoms. The maximum Gasteiger partial charge on any atom is 0.269 e. The summed E-state index contributed by atoms with van der Waals surface area (Å²) in [6.45, 7) is 2.72. The maximum absolute atomic E-state index is 10.8. The molecule has 0 bridgehead atoms. The van der Waals surface area contributed by atoms with Crippen LogP contribution in [0.3, 0.4) is 0 Å². The van der Waals surface area contributed by atoms with Crippen LogP contribution >= 0.6 is 11.8 Å². The number of aryl methyl sites for hydroxylation is 1. The van der Waals surface area contributed by atoms with Crippen molar-refractivity contribution in [1.82, 2.24) is 14.8 Å². The van der Waals surface area contributed by atoms with Gasteiger partial charge < -0.3 is 4.57 Å². The average Bonchev–Trinajstić information content (AvgIpc) is 3.03. The van der Waals surface area contributed by atoms with Crippen molar-refractivity contribution < 1.29 is 4.92 Å². The zero-order valence-electron chi connectivity index (χ0n) is 14.5. The van der Waals surface area contributed by atoms with Crippen molar-refractivity contribution in [2.45, 2.75) is 37.2 Å². The summed E-state index contributed by atoms with van der Waals surface area (Å²) >= 11 is 1.66. The number of aromatic nitrogens is 3. The molecule has 0 aliphatic rings. The Morgan fingerprint density at radius 3 is 2.42 bits per heavy atom. The second kappa shape index (κ2) is 8.62. The zero-order chi connectivity index (χ0) is 18.4. The summed E-state index contributed by atoms with van der Waals surface area (Å²) in [5.74, 6) is 1.77. The van der Waals surface area contributed by atoms with Crippen molar-refractivity contribution in [3.8, 4) is 0 Å². The minimum atomic E-state index is -0.383. The number of hydrogen-bond donors (Lipinski definition) is 0. The highest BCUT2D eigenvalue weighted by Crippen LogP contribution is 2.24. The van der Waals surface area contributed by atoms with Crippen LogP contribution in [-0.4, -0.2) is 19.7 Å². The van der Waals surface area contributed by atoms with E-state index in [1.807, 2.05) is 18.2 Å². The maximum atomic E-state index is 10.8. The lowest BCUT2D eigenvalue weighted by Crippen LogP contribution is -2.07. The van der Waals surface area contributed by atoms with Gasteiger partial charge in [0, 0.05) is 24.3 Å². The molecule has 0 amide bonds. The molecule has 3 rings (SSSR count). The van der Waals surface area contributed by atoms with Gasteiger partial charge in [0.05, 0.1) is 11.5 Å². The average molecular weight is 368 g/mol. The van der Waals surface area contributed by atoms with E-state index in [0.717, 1.165) is 35.1 Å². The van der Waals surface area contributed by atoms with Crippen LogP contribution in [0.5, 0.6) is 0 Å². The fourth-order valence-corrected chi connectivity index (χ4v) is 3.53. The fourth-order valence-electron chi connectivity index (χ4n) is 2.62. The molecule has 0 N–H and O–H groups in total. The molecule has 3 aromatic rings. The van der Waals surface area contributed by atoms with E-state index in [-0.39, 0.29) is 10.6 Å². The molecule has 0 atom stereocenters. The van der Waals surface area contributed by atoms with Gasteiger partial charge >= 0.3 is 0 Å². The summed E-state index contributed by atoms with van der Waals surface area (Å²) in [5, 5.41) is 20.4. The molecule has 0 radical (unpaired) electrons. The number of rotatable bonds is 8. The Labute approximate surface area is 156 Å². The molecule has 0 saturated carbocycles. The molecule has 1 heterocycles. The minimum absolute atomic E-state index is 0.102. The van der Waals surface area contributed by atoms with Gasteiger partial charge in [-0.15, -0.1) is 10.2 Å². The topological polar surface area (TPSA) is 73.8 Å². The summed E-state index contributed by atoms with van der Waals surface area (Å²) in [6.07, 6.45) is 1.84. The molecule has 2 aromatic carbocycles. The SMILES string of the molecule is CCCc1nnc(SCc2ccccc2)n1Cc1ccc([N+](=O)[O-])cc1. The standard InChI is InChI=1S/C19H20N4O2S/c1-2-6-18-20-21-19(26-14-16-7-4-3-5-8-16)22(18)13-15-9-11-17(12-10-15)23(24)25/h3-5,7-12H,2,6,13-14H2,1H3. The Balaban J connectivity index is 1.79. The third-order valence-corrected chi connectivity index (χ3v) is 5.00. The molecular formula is C19H20N4O2S. The van der Waals surface area contributed by atoms with E-state index in [9.17, 15) is 10.1 Å². The molecular weight excluding hydrogens is 348 g/mol. The molecule has 0 saturated heterocycles. The summed E-state index contributed by atoms with van der Waals surface area (Å²) in [7, 11) is 0. The van der Waals surface area contributed by atoms with Gasteiger partial charge in [0.1, 0.15) is 5.82 Å². The fraction of sp³-hybridized carbons (Fsp3) is 0.263. The highest BCUT2D eigenvalue weighted by Gasteiger charge is 2.13. The Morgan fingerprint density at radius 2 is 1.77 bits per heavy atom. The van der Waals surface area contributed by atoms with Crippen LogP contribution in [0.15, 0.2) is 59.8 Å². The first-order valence-corrected chi connectivity index (χ1v) is 9.48. The van der Waals surface area contributed by atoms with Gasteiger partial charge in [-0.05, 0) is 17.5 Å². The van der Waals surface area contributed by atoms with Crippen LogP contribution in [0, 0.1) is 10.1 Å². The van der Waals surface area contributed by atoms with Gasteiger partial charge in [0.15, 0.2) is 5.16 Å². The molecule has 6 nitrogen and oxygen atoms in total. The lowest BCUT2D eigenvalue weighted by Gasteiger charge is -2.10. The molecule has 134 valence electrons. The Bertz CT molecular complexity index is 863. The van der Waals surface area contributed by atoms with E-state index in [2.05, 4.69) is 33.8 Å². The van der Waals surface area contributed by atoms with Crippen molar-refractivity contribution >= 4 is 17.4 Å². The molecule has 0 aliphatic carbocycles. The largest absolute Gasteiger partial charge is 0.302 e. The van der Waals surface area contributed by atoms with Crippen LogP contribution in [0.25, 0.3) is 0 Å². The second-order valence-corrected chi connectivity index (χ2v) is 6.88. The van der Waals surface area contributed by atoms with Crippen molar-refractivity contribution in [3.05, 3.63) is 81.7 Å². The number of nitro groups is 1. The van der Waals surface area contributed by atoms with E-state index in [0.29, 0.717) is 6.54 Å². The van der Waals surface area contributed by atoms with Crippen LogP contribution < -0.4 is 0 Å². The first kappa shape index (κ1) is 18.1. The van der Waals surface area contributed by atoms with E-state index in [4.69, 9.17) is 0 Å². The molecule has 7 heteroatoms. The van der Waals surface area contributed by atoms with Crippen LogP contribution in [0.1, 0.15) is 30.3 Å². The van der Waals surface area contributed by atoms with Gasteiger partial charge in [-0.25, -0.2) is 0 Å². The second-order valence-electron chi connectivity index (χ2n) is 5.93. The normalized spacial score (nSPS) is 10.8. The number of nitro benzene ring substituents is 1. The summed E-state index contributed by atoms with van der Waals surface area (Å²) in [4.78, 5) is 10.4. The van der Waals surface area contributed by atoms with Crippen molar-refractivity contribution in [3.63, 3.8) is 0 Å². The van der Waals surface area contributed by atoms with E-state index in [1.165, 1.54) is 17.7 Å². The summed E-state index contributed by atoms with van der Waals surface area (Å²) in [6, 6.07) is 16.9. The van der Waals surface area contributed by atoms with Gasteiger partial charge in [-0.3, -0.25) is 10.1 Å². The Hall–Kier alpha value is -2.67. The quantitative estimate of drug-likeness (QED) is 0.333. The van der Waals surface area contributed by atoms with Gasteiger partial charge in [0.25, 0.3) is 5.69 Å². The molecule has 0 fully saturated rings. The van der Waals surface area contributed by atoms with E-state index >= 15 is 0 Å². The molecule has 1 aromatic heterocycles. The van der Waals surface area contributed by atoms with Gasteiger partial charge in [0.2, 0.25) is 0 Å². The van der Waals surface area contributed by atoms with Gasteiger partial charge in [-0.1, -0.05) is 61.2 Å². The molecule has 0 spiro atoms. The number of nitrogens with zero attached hydrogens (tertiary/aromatic N) is 4. The predicted octanol–water partition coefficient (Wildman–Crippen LogP) is 4.48. The third kappa shape index (κ3) is 4.49. The monoisotopic (exact) mass is 368 g/mol. The number of benzene rings is 2. The van der Waals surface area contributed by atoms with Crippen molar-refractivity contribution in [2.24, 2.45) is 0 Å². The number of non-ortho nitro benzene ring substituents is 1. The molecule has 0 unspecified atom stereocenters. The summed E-state index contributed by atoms with van der Waals surface area (Å²) < 4.78 is 2.11. The highest BCUT2D eigenvalue weighted by atomic mass is 32.2. The van der Waals surface area contributed by atoms with Crippen LogP contribution in [0.2, 0.25) is 0 Å². The number of hydrogen-bond acceptors (Lipinski definition) is 5. The lowest BCUT2D eigenvalue weighted by atomic mass is 10.2. The highest BCUT2D eigenvalue weighted by molar-refractivity contribution is 7.98. The van der Waals surface area contributed by atoms with E-state index < -0.39 is 0 Å². The van der Waals surface area contributed by atoms with Crippen LogP contribution in [0.4, 0.5) is 5.69 Å². The third-order valence-electron chi connectivity index (χ3n) is 3.97. The first-order chi connectivity index (χ1) is 12.7. The number of thioether (sulfide) groups is 1.